The van der Waals surface area contributed by atoms with Crippen molar-refractivity contribution in [2.45, 2.75) is 13.2 Å². The fourth-order valence-electron chi connectivity index (χ4n) is 2.39. The minimum Gasteiger partial charge on any atom is -0.373 e. The lowest BCUT2D eigenvalue weighted by Crippen LogP contribution is -2.45. The molecule has 0 bridgehead atoms. The van der Waals surface area contributed by atoms with Crippen molar-refractivity contribution >= 4 is 22.6 Å². The van der Waals surface area contributed by atoms with Crippen LogP contribution < -0.4 is 0 Å². The summed E-state index contributed by atoms with van der Waals surface area (Å²) in [6, 6.07) is 10.6. The first-order valence-corrected chi connectivity index (χ1v) is 5.69. The monoisotopic (exact) mass is 241 g/mol. The molecule has 4 heteroatoms. The van der Waals surface area contributed by atoms with Gasteiger partial charge < -0.3 is 5.11 Å². The molecule has 3 rings (SSSR count). The first-order valence-electron chi connectivity index (χ1n) is 5.69. The van der Waals surface area contributed by atoms with Gasteiger partial charge in [-0.25, -0.2) is 4.90 Å². The first kappa shape index (κ1) is 10.9. The number of rotatable bonds is 1. The number of hydrogen-bond acceptors (Lipinski definition) is 3. The summed E-state index contributed by atoms with van der Waals surface area (Å²) < 4.78 is 0. The Morgan fingerprint density at radius 1 is 1.00 bits per heavy atom. The number of hydrogen-bond donors (Lipinski definition) is 1. The molecule has 2 aromatic rings. The Morgan fingerprint density at radius 3 is 1.94 bits per heavy atom. The molecule has 0 spiro atoms. The number of imide groups is 1. The van der Waals surface area contributed by atoms with Crippen LogP contribution in [0.15, 0.2) is 36.4 Å². The second-order valence-electron chi connectivity index (χ2n) is 4.32. The van der Waals surface area contributed by atoms with E-state index in [2.05, 4.69) is 0 Å². The number of aliphatic hydroxyl groups is 1. The van der Waals surface area contributed by atoms with Crippen LogP contribution in [0.4, 0.5) is 0 Å². The van der Waals surface area contributed by atoms with E-state index >= 15 is 0 Å². The van der Waals surface area contributed by atoms with Crippen LogP contribution in [0.3, 0.4) is 0 Å². The zero-order chi connectivity index (χ0) is 12.9. The Bertz CT molecular complexity index is 625. The molecule has 2 aromatic carbocycles. The van der Waals surface area contributed by atoms with Gasteiger partial charge in [0.15, 0.2) is 0 Å². The zero-order valence-electron chi connectivity index (χ0n) is 9.75. The third kappa shape index (κ3) is 1.29. The molecule has 90 valence electrons. The van der Waals surface area contributed by atoms with E-state index in [1.54, 1.807) is 24.3 Å². The highest BCUT2D eigenvalue weighted by atomic mass is 16.3. The smallest absolute Gasteiger partial charge is 0.263 e. The second kappa shape index (κ2) is 3.65. The Labute approximate surface area is 103 Å². The van der Waals surface area contributed by atoms with Gasteiger partial charge in [-0.1, -0.05) is 24.3 Å². The number of carbonyl (C=O) groups is 2. The lowest BCUT2D eigenvalue weighted by atomic mass is 9.94. The second-order valence-corrected chi connectivity index (χ2v) is 4.32. The van der Waals surface area contributed by atoms with Crippen LogP contribution in [0.25, 0.3) is 10.8 Å². The van der Waals surface area contributed by atoms with Crippen LogP contribution in [0.1, 0.15) is 27.6 Å². The molecule has 0 saturated heterocycles. The zero-order valence-corrected chi connectivity index (χ0v) is 9.75. The summed E-state index contributed by atoms with van der Waals surface area (Å²) in [5.41, 5.74) is 0.923. The molecule has 4 nitrogen and oxygen atoms in total. The summed E-state index contributed by atoms with van der Waals surface area (Å²) in [6.45, 7) is 1.41. The van der Waals surface area contributed by atoms with Crippen molar-refractivity contribution in [3.05, 3.63) is 47.5 Å². The van der Waals surface area contributed by atoms with Crippen molar-refractivity contribution in [2.75, 3.05) is 0 Å². The molecule has 18 heavy (non-hydrogen) atoms. The topological polar surface area (TPSA) is 57.6 Å². The standard InChI is InChI=1S/C14H11NO3/c1-8(16)15-13(17)10-6-2-4-9-5-3-7-11(12(9)10)14(15)18/h2-8,16H,1H3. The van der Waals surface area contributed by atoms with Crippen molar-refractivity contribution in [3.8, 4) is 0 Å². The lowest BCUT2D eigenvalue weighted by Gasteiger charge is -2.29. The van der Waals surface area contributed by atoms with Crippen LogP contribution >= 0.6 is 0 Å². The molecule has 0 fully saturated rings. The number of carbonyl (C=O) groups excluding carboxylic acids is 2. The SMILES string of the molecule is CC(O)N1C(=O)c2cccc3cccc(c23)C1=O. The van der Waals surface area contributed by atoms with Gasteiger partial charge in [-0.05, 0) is 24.4 Å². The van der Waals surface area contributed by atoms with E-state index in [-0.39, 0.29) is 0 Å². The average molecular weight is 241 g/mol. The first-order chi connectivity index (χ1) is 8.61. The maximum Gasteiger partial charge on any atom is 0.263 e. The quantitative estimate of drug-likeness (QED) is 0.774. The molecular formula is C14H11NO3. The van der Waals surface area contributed by atoms with Crippen molar-refractivity contribution in [3.63, 3.8) is 0 Å². The van der Waals surface area contributed by atoms with E-state index in [9.17, 15) is 14.7 Å². The minimum atomic E-state index is -1.13. The van der Waals surface area contributed by atoms with Gasteiger partial charge in [0.05, 0.1) is 0 Å². The van der Waals surface area contributed by atoms with Gasteiger partial charge in [0.1, 0.15) is 6.23 Å². The van der Waals surface area contributed by atoms with Crippen LogP contribution in [0.5, 0.6) is 0 Å². The maximum absolute atomic E-state index is 12.2. The van der Waals surface area contributed by atoms with Gasteiger partial charge in [-0.3, -0.25) is 9.59 Å². The minimum absolute atomic E-state index is 0.445. The van der Waals surface area contributed by atoms with Crippen LogP contribution in [0.2, 0.25) is 0 Å². The summed E-state index contributed by atoms with van der Waals surface area (Å²) in [4.78, 5) is 25.3. The highest BCUT2D eigenvalue weighted by molar-refractivity contribution is 6.25. The summed E-state index contributed by atoms with van der Waals surface area (Å²) in [6.07, 6.45) is -1.13. The Kier molecular flexibility index (Phi) is 2.21. The highest BCUT2D eigenvalue weighted by Gasteiger charge is 2.34. The number of nitrogens with zero attached hydrogens (tertiary/aromatic N) is 1. The molecule has 1 N–H and O–H groups in total. The normalized spacial score (nSPS) is 16.2. The van der Waals surface area contributed by atoms with Gasteiger partial charge in [-0.15, -0.1) is 0 Å². The van der Waals surface area contributed by atoms with Gasteiger partial charge in [0.2, 0.25) is 0 Å². The number of amides is 2. The molecule has 1 unspecified atom stereocenters. The Balaban J connectivity index is 2.39. The molecule has 2 amide bonds. The van der Waals surface area contributed by atoms with Gasteiger partial charge in [0, 0.05) is 16.5 Å². The van der Waals surface area contributed by atoms with Crippen LogP contribution in [-0.2, 0) is 0 Å². The lowest BCUT2D eigenvalue weighted by molar-refractivity contribution is 0.0170. The van der Waals surface area contributed by atoms with E-state index in [0.717, 1.165) is 10.3 Å². The van der Waals surface area contributed by atoms with Crippen LogP contribution in [-0.4, -0.2) is 28.0 Å². The predicted molar refractivity (Wildman–Crippen MR) is 66.1 cm³/mol. The van der Waals surface area contributed by atoms with Crippen molar-refractivity contribution in [2.24, 2.45) is 0 Å². The average Bonchev–Trinajstić information content (AvgIpc) is 2.35. The van der Waals surface area contributed by atoms with E-state index in [4.69, 9.17) is 0 Å². The fourth-order valence-corrected chi connectivity index (χ4v) is 2.39. The summed E-state index contributed by atoms with van der Waals surface area (Å²) in [5, 5.41) is 11.1. The van der Waals surface area contributed by atoms with E-state index < -0.39 is 18.0 Å². The number of aliphatic hydroxyl groups excluding tert-OH is 1. The third-order valence-corrected chi connectivity index (χ3v) is 3.18. The van der Waals surface area contributed by atoms with E-state index in [1.807, 2.05) is 12.1 Å². The largest absolute Gasteiger partial charge is 0.373 e. The molecule has 0 saturated carbocycles. The van der Waals surface area contributed by atoms with Crippen LogP contribution in [0, 0.1) is 0 Å². The van der Waals surface area contributed by atoms with Crippen molar-refractivity contribution in [1.82, 2.24) is 4.90 Å². The third-order valence-electron chi connectivity index (χ3n) is 3.18. The molecule has 0 aliphatic carbocycles. The molecule has 1 aliphatic rings. The van der Waals surface area contributed by atoms with Gasteiger partial charge in [-0.2, -0.15) is 0 Å². The van der Waals surface area contributed by atoms with Gasteiger partial charge in [0.25, 0.3) is 11.8 Å². The Hall–Kier alpha value is -2.20. The molecule has 0 aromatic heterocycles. The van der Waals surface area contributed by atoms with E-state index in [0.29, 0.717) is 16.5 Å². The predicted octanol–water partition coefficient (Wildman–Crippen LogP) is 1.77. The Morgan fingerprint density at radius 2 is 1.50 bits per heavy atom. The highest BCUT2D eigenvalue weighted by Crippen LogP contribution is 2.30. The van der Waals surface area contributed by atoms with Gasteiger partial charge >= 0.3 is 0 Å². The maximum atomic E-state index is 12.2. The molecule has 1 heterocycles. The fraction of sp³-hybridized carbons (Fsp3) is 0.143. The van der Waals surface area contributed by atoms with Crippen molar-refractivity contribution < 1.29 is 14.7 Å². The molecule has 1 aliphatic heterocycles. The number of benzene rings is 2. The molecule has 1 atom stereocenters. The molecule has 0 radical (unpaired) electrons. The summed E-state index contributed by atoms with van der Waals surface area (Å²) in [7, 11) is 0. The summed E-state index contributed by atoms with van der Waals surface area (Å²) >= 11 is 0. The van der Waals surface area contributed by atoms with Crippen molar-refractivity contribution in [1.29, 1.82) is 0 Å². The summed E-state index contributed by atoms with van der Waals surface area (Å²) in [5.74, 6) is -0.890. The van der Waals surface area contributed by atoms with E-state index in [1.165, 1.54) is 6.92 Å². The molecular weight excluding hydrogens is 230 g/mol.